The highest BCUT2D eigenvalue weighted by molar-refractivity contribution is 6.30. The van der Waals surface area contributed by atoms with E-state index in [1.54, 1.807) is 24.3 Å². The van der Waals surface area contributed by atoms with Crippen molar-refractivity contribution in [3.8, 4) is 0 Å². The van der Waals surface area contributed by atoms with Gasteiger partial charge in [-0.05, 0) is 42.8 Å². The third-order valence-electron chi connectivity index (χ3n) is 2.75. The number of Topliss-reactive ketones (excluding diaryl/α,β-unsaturated/α-hetero) is 1. The molecular weight excluding hydrogens is 246 g/mol. The Morgan fingerprint density at radius 2 is 1.78 bits per heavy atom. The van der Waals surface area contributed by atoms with Crippen molar-refractivity contribution in [2.45, 2.75) is 6.92 Å². The number of rotatable bonds is 4. The third-order valence-corrected chi connectivity index (χ3v) is 3.00. The molecule has 0 unspecified atom stereocenters. The van der Waals surface area contributed by atoms with Crippen molar-refractivity contribution in [3.05, 3.63) is 64.7 Å². The van der Waals surface area contributed by atoms with E-state index >= 15 is 0 Å². The van der Waals surface area contributed by atoms with Gasteiger partial charge >= 0.3 is 0 Å². The van der Waals surface area contributed by atoms with E-state index < -0.39 is 0 Å². The van der Waals surface area contributed by atoms with Gasteiger partial charge in [0.1, 0.15) is 0 Å². The van der Waals surface area contributed by atoms with Crippen LogP contribution in [0.4, 0.5) is 5.69 Å². The number of hydrogen-bond donors (Lipinski definition) is 1. The molecule has 0 radical (unpaired) electrons. The Morgan fingerprint density at radius 3 is 2.44 bits per heavy atom. The zero-order chi connectivity index (χ0) is 13.0. The van der Waals surface area contributed by atoms with Crippen LogP contribution in [0, 0.1) is 6.92 Å². The molecule has 0 fully saturated rings. The minimum atomic E-state index is 0.0509. The van der Waals surface area contributed by atoms with Crippen LogP contribution in [-0.4, -0.2) is 12.3 Å². The first-order valence-corrected chi connectivity index (χ1v) is 6.13. The lowest BCUT2D eigenvalue weighted by atomic mass is 10.1. The molecule has 92 valence electrons. The lowest BCUT2D eigenvalue weighted by molar-refractivity contribution is 0.101. The summed E-state index contributed by atoms with van der Waals surface area (Å²) < 4.78 is 0. The molecule has 0 atom stereocenters. The molecule has 2 rings (SSSR count). The van der Waals surface area contributed by atoms with Gasteiger partial charge in [-0.1, -0.05) is 29.8 Å². The van der Waals surface area contributed by atoms with Gasteiger partial charge in [0.15, 0.2) is 5.78 Å². The van der Waals surface area contributed by atoms with Gasteiger partial charge in [0.2, 0.25) is 0 Å². The Hall–Kier alpha value is -1.80. The van der Waals surface area contributed by atoms with Crippen molar-refractivity contribution in [3.63, 3.8) is 0 Å². The molecule has 18 heavy (non-hydrogen) atoms. The summed E-state index contributed by atoms with van der Waals surface area (Å²) in [7, 11) is 0. The van der Waals surface area contributed by atoms with E-state index in [-0.39, 0.29) is 12.3 Å². The van der Waals surface area contributed by atoms with Gasteiger partial charge < -0.3 is 5.32 Å². The summed E-state index contributed by atoms with van der Waals surface area (Å²) in [5, 5.41) is 3.78. The fourth-order valence-corrected chi connectivity index (χ4v) is 1.81. The van der Waals surface area contributed by atoms with Crippen LogP contribution < -0.4 is 5.32 Å². The zero-order valence-corrected chi connectivity index (χ0v) is 10.9. The minimum absolute atomic E-state index is 0.0509. The Labute approximate surface area is 112 Å². The maximum absolute atomic E-state index is 11.9. The van der Waals surface area contributed by atoms with Gasteiger partial charge in [0.25, 0.3) is 0 Å². The lowest BCUT2D eigenvalue weighted by Crippen LogP contribution is -2.14. The van der Waals surface area contributed by atoms with Crippen LogP contribution in [0.25, 0.3) is 0 Å². The van der Waals surface area contributed by atoms with Crippen LogP contribution in [0.3, 0.4) is 0 Å². The average molecular weight is 260 g/mol. The number of halogens is 1. The second-order valence-corrected chi connectivity index (χ2v) is 4.53. The normalized spacial score (nSPS) is 10.1. The summed E-state index contributed by atoms with van der Waals surface area (Å²) in [6.07, 6.45) is 0. The highest BCUT2D eigenvalue weighted by Crippen LogP contribution is 2.14. The minimum Gasteiger partial charge on any atom is -0.377 e. The second-order valence-electron chi connectivity index (χ2n) is 4.10. The van der Waals surface area contributed by atoms with E-state index in [4.69, 9.17) is 11.6 Å². The van der Waals surface area contributed by atoms with Gasteiger partial charge in [0, 0.05) is 16.3 Å². The molecule has 0 saturated heterocycles. The fraction of sp³-hybridized carbons (Fsp3) is 0.133. The van der Waals surface area contributed by atoms with Crippen molar-refractivity contribution in [2.75, 3.05) is 11.9 Å². The van der Waals surface area contributed by atoms with Crippen LogP contribution >= 0.6 is 11.6 Å². The lowest BCUT2D eigenvalue weighted by Gasteiger charge is -2.08. The first-order valence-electron chi connectivity index (χ1n) is 5.75. The third kappa shape index (κ3) is 3.11. The van der Waals surface area contributed by atoms with Crippen LogP contribution in [0.2, 0.25) is 5.02 Å². The van der Waals surface area contributed by atoms with Crippen LogP contribution in [0.15, 0.2) is 48.5 Å². The number of aryl methyl sites for hydroxylation is 1. The Kier molecular flexibility index (Phi) is 4.00. The van der Waals surface area contributed by atoms with Gasteiger partial charge in [-0.3, -0.25) is 4.79 Å². The van der Waals surface area contributed by atoms with Gasteiger partial charge in [-0.15, -0.1) is 0 Å². The molecule has 2 aromatic carbocycles. The molecule has 0 aliphatic heterocycles. The molecule has 0 bridgehead atoms. The number of ketones is 1. The van der Waals surface area contributed by atoms with E-state index in [1.165, 1.54) is 0 Å². The van der Waals surface area contributed by atoms with E-state index in [2.05, 4.69) is 5.32 Å². The first kappa shape index (κ1) is 12.7. The number of carbonyl (C=O) groups is 1. The molecule has 2 aromatic rings. The van der Waals surface area contributed by atoms with Crippen molar-refractivity contribution >= 4 is 23.1 Å². The standard InChI is InChI=1S/C15H14ClNO/c1-11-4-2-3-5-14(11)17-10-15(18)12-6-8-13(16)9-7-12/h2-9,17H,10H2,1H3. The molecule has 0 aromatic heterocycles. The monoisotopic (exact) mass is 259 g/mol. The molecule has 0 amide bonds. The van der Waals surface area contributed by atoms with Gasteiger partial charge in [-0.2, -0.15) is 0 Å². The Balaban J connectivity index is 2.01. The van der Waals surface area contributed by atoms with Crippen molar-refractivity contribution in [1.29, 1.82) is 0 Å². The van der Waals surface area contributed by atoms with Crippen LogP contribution in [0.5, 0.6) is 0 Å². The second kappa shape index (κ2) is 5.69. The number of nitrogens with one attached hydrogen (secondary N) is 1. The summed E-state index contributed by atoms with van der Waals surface area (Å²) in [6.45, 7) is 2.29. The van der Waals surface area contributed by atoms with Crippen molar-refractivity contribution in [2.24, 2.45) is 0 Å². The van der Waals surface area contributed by atoms with Gasteiger partial charge in [0.05, 0.1) is 6.54 Å². The summed E-state index contributed by atoms with van der Waals surface area (Å²) in [5.41, 5.74) is 2.78. The zero-order valence-electron chi connectivity index (χ0n) is 10.1. The Morgan fingerprint density at radius 1 is 1.11 bits per heavy atom. The molecule has 1 N–H and O–H groups in total. The molecular formula is C15H14ClNO. The Bertz CT molecular complexity index is 549. The van der Waals surface area contributed by atoms with E-state index in [0.29, 0.717) is 10.6 Å². The highest BCUT2D eigenvalue weighted by Gasteiger charge is 2.05. The molecule has 2 nitrogen and oxygen atoms in total. The highest BCUT2D eigenvalue weighted by atomic mass is 35.5. The molecule has 0 spiro atoms. The largest absolute Gasteiger partial charge is 0.377 e. The predicted molar refractivity (Wildman–Crippen MR) is 75.5 cm³/mol. The number of benzene rings is 2. The van der Waals surface area contributed by atoms with E-state index in [0.717, 1.165) is 11.3 Å². The van der Waals surface area contributed by atoms with E-state index in [9.17, 15) is 4.79 Å². The molecule has 3 heteroatoms. The summed E-state index contributed by atoms with van der Waals surface area (Å²) in [6, 6.07) is 14.8. The maximum atomic E-state index is 11.9. The summed E-state index contributed by atoms with van der Waals surface area (Å²) in [5.74, 6) is 0.0509. The number of para-hydroxylation sites is 1. The quantitative estimate of drug-likeness (QED) is 0.843. The number of anilines is 1. The number of carbonyl (C=O) groups excluding carboxylic acids is 1. The summed E-state index contributed by atoms with van der Waals surface area (Å²) >= 11 is 5.78. The molecule has 0 heterocycles. The smallest absolute Gasteiger partial charge is 0.181 e. The average Bonchev–Trinajstić information content (AvgIpc) is 2.38. The first-order chi connectivity index (χ1) is 8.66. The molecule has 0 saturated carbocycles. The van der Waals surface area contributed by atoms with Crippen LogP contribution in [-0.2, 0) is 0 Å². The fourth-order valence-electron chi connectivity index (χ4n) is 1.68. The topological polar surface area (TPSA) is 29.1 Å². The summed E-state index contributed by atoms with van der Waals surface area (Å²) in [4.78, 5) is 11.9. The van der Waals surface area contributed by atoms with E-state index in [1.807, 2.05) is 31.2 Å². The SMILES string of the molecule is Cc1ccccc1NCC(=O)c1ccc(Cl)cc1. The maximum Gasteiger partial charge on any atom is 0.181 e. The molecule has 0 aliphatic rings. The van der Waals surface area contributed by atoms with Crippen molar-refractivity contribution in [1.82, 2.24) is 0 Å². The predicted octanol–water partition coefficient (Wildman–Crippen LogP) is 3.94. The van der Waals surface area contributed by atoms with Gasteiger partial charge in [-0.25, -0.2) is 0 Å². The van der Waals surface area contributed by atoms with Crippen LogP contribution in [0.1, 0.15) is 15.9 Å². The van der Waals surface area contributed by atoms with Crippen molar-refractivity contribution < 1.29 is 4.79 Å². The molecule has 0 aliphatic carbocycles. The number of hydrogen-bond acceptors (Lipinski definition) is 2.